The Bertz CT molecular complexity index is 1240. The Balaban J connectivity index is 1.64. The standard InChI is InChI=1S/C20H18N4O6S3/c1-30-14-6-2-12(3-7-14)10-16-18(26)24(20(31)32-16)11-17(25)22-13-4-8-15(9-5-13)33(28,29)23-19(21)27/h2-10H,11H2,1H3,(H,22,25)(H3,21,23,27). The molecule has 2 aromatic rings. The fraction of sp³-hybridized carbons (Fsp3) is 0.100. The SMILES string of the molecule is COc1ccc(C=C2SC(=S)N(CC(=O)Nc3ccc(S(=O)(=O)NC(N)=O)cc3)C2=O)cc1. The van der Waals surface area contributed by atoms with Gasteiger partial charge in [-0.3, -0.25) is 14.5 Å². The van der Waals surface area contributed by atoms with Gasteiger partial charge in [0.15, 0.2) is 0 Å². The lowest BCUT2D eigenvalue weighted by Crippen LogP contribution is -2.36. The van der Waals surface area contributed by atoms with Crippen LogP contribution in [0.1, 0.15) is 5.56 Å². The van der Waals surface area contributed by atoms with Gasteiger partial charge in [0.1, 0.15) is 16.6 Å². The number of urea groups is 1. The predicted molar refractivity (Wildman–Crippen MR) is 128 cm³/mol. The topological polar surface area (TPSA) is 148 Å². The zero-order valence-electron chi connectivity index (χ0n) is 17.1. The number of sulfonamides is 1. The molecule has 0 aromatic heterocycles. The number of carbonyl (C=O) groups excluding carboxylic acids is 3. The fourth-order valence-corrected chi connectivity index (χ4v) is 4.87. The molecule has 1 saturated heterocycles. The number of nitrogens with one attached hydrogen (secondary N) is 2. The van der Waals surface area contributed by atoms with E-state index in [9.17, 15) is 22.8 Å². The molecule has 172 valence electrons. The maximum Gasteiger partial charge on any atom is 0.326 e. The van der Waals surface area contributed by atoms with Crippen molar-refractivity contribution in [3.05, 3.63) is 59.0 Å². The number of nitrogens with two attached hydrogens (primary N) is 1. The van der Waals surface area contributed by atoms with Crippen LogP contribution in [-0.2, 0) is 19.6 Å². The lowest BCUT2D eigenvalue weighted by Gasteiger charge is -2.14. The van der Waals surface area contributed by atoms with Gasteiger partial charge in [-0.15, -0.1) is 0 Å². The minimum atomic E-state index is -4.10. The molecular weight excluding hydrogens is 488 g/mol. The van der Waals surface area contributed by atoms with Crippen LogP contribution < -0.4 is 20.5 Å². The number of rotatable bonds is 7. The van der Waals surface area contributed by atoms with E-state index in [4.69, 9.17) is 22.7 Å². The van der Waals surface area contributed by atoms with E-state index >= 15 is 0 Å². The first kappa shape index (κ1) is 24.2. The van der Waals surface area contributed by atoms with E-state index < -0.39 is 27.9 Å². The van der Waals surface area contributed by atoms with Crippen molar-refractivity contribution in [2.75, 3.05) is 19.0 Å². The summed E-state index contributed by atoms with van der Waals surface area (Å²) in [4.78, 5) is 37.3. The highest BCUT2D eigenvalue weighted by Crippen LogP contribution is 2.32. The number of hydrogen-bond acceptors (Lipinski definition) is 8. The molecule has 1 aliphatic rings. The fourth-order valence-electron chi connectivity index (χ4n) is 2.74. The van der Waals surface area contributed by atoms with E-state index in [1.807, 2.05) is 0 Å². The van der Waals surface area contributed by atoms with Gasteiger partial charge in [0, 0.05) is 5.69 Å². The van der Waals surface area contributed by atoms with Gasteiger partial charge >= 0.3 is 6.03 Å². The average molecular weight is 507 g/mol. The zero-order chi connectivity index (χ0) is 24.2. The number of nitrogens with zero attached hydrogens (tertiary/aromatic N) is 1. The van der Waals surface area contributed by atoms with Crippen molar-refractivity contribution in [2.45, 2.75) is 4.90 Å². The molecular formula is C20H18N4O6S3. The summed E-state index contributed by atoms with van der Waals surface area (Å²) in [6.07, 6.45) is 1.68. The van der Waals surface area contributed by atoms with Crippen LogP contribution in [-0.4, -0.2) is 49.1 Å². The predicted octanol–water partition coefficient (Wildman–Crippen LogP) is 1.89. The van der Waals surface area contributed by atoms with Gasteiger partial charge in [0.05, 0.1) is 16.9 Å². The third-order valence-corrected chi connectivity index (χ3v) is 7.01. The molecule has 1 fully saturated rings. The molecule has 2 aromatic carbocycles. The van der Waals surface area contributed by atoms with Crippen molar-refractivity contribution in [1.82, 2.24) is 9.62 Å². The van der Waals surface area contributed by atoms with Crippen molar-refractivity contribution < 1.29 is 27.5 Å². The second kappa shape index (κ2) is 10.0. The maximum absolute atomic E-state index is 12.7. The van der Waals surface area contributed by atoms with Crippen LogP contribution in [0, 0.1) is 0 Å². The molecule has 10 nitrogen and oxygen atoms in total. The van der Waals surface area contributed by atoms with Crippen LogP contribution in [0.15, 0.2) is 58.3 Å². The van der Waals surface area contributed by atoms with Crippen LogP contribution in [0.2, 0.25) is 0 Å². The minimum absolute atomic E-state index is 0.208. The molecule has 0 spiro atoms. The molecule has 0 radical (unpaired) electrons. The van der Waals surface area contributed by atoms with Crippen molar-refractivity contribution >= 4 is 67.9 Å². The van der Waals surface area contributed by atoms with Gasteiger partial charge in [-0.05, 0) is 48.0 Å². The Kier molecular flexibility index (Phi) is 7.36. The number of amides is 4. The van der Waals surface area contributed by atoms with Crippen LogP contribution >= 0.6 is 24.0 Å². The highest BCUT2D eigenvalue weighted by molar-refractivity contribution is 8.26. The number of thioether (sulfide) groups is 1. The van der Waals surface area contributed by atoms with Crippen LogP contribution in [0.5, 0.6) is 5.75 Å². The van der Waals surface area contributed by atoms with E-state index in [1.165, 1.54) is 29.2 Å². The molecule has 4 N–H and O–H groups in total. The number of carbonyl (C=O) groups is 3. The number of hydrogen-bond donors (Lipinski definition) is 3. The molecule has 33 heavy (non-hydrogen) atoms. The van der Waals surface area contributed by atoms with Gasteiger partial charge in [-0.2, -0.15) is 0 Å². The molecule has 1 heterocycles. The summed E-state index contributed by atoms with van der Waals surface area (Å²) >= 11 is 6.33. The van der Waals surface area contributed by atoms with Gasteiger partial charge < -0.3 is 15.8 Å². The summed E-state index contributed by atoms with van der Waals surface area (Å²) in [5.41, 5.74) is 5.91. The van der Waals surface area contributed by atoms with Crippen molar-refractivity contribution in [2.24, 2.45) is 5.73 Å². The summed E-state index contributed by atoms with van der Waals surface area (Å²) < 4.78 is 30.8. The zero-order valence-corrected chi connectivity index (χ0v) is 19.6. The number of thiocarbonyl (C=S) groups is 1. The molecule has 4 amide bonds. The van der Waals surface area contributed by atoms with Crippen LogP contribution in [0.4, 0.5) is 10.5 Å². The van der Waals surface area contributed by atoms with E-state index in [1.54, 1.807) is 42.2 Å². The minimum Gasteiger partial charge on any atom is -0.497 e. The van der Waals surface area contributed by atoms with Gasteiger partial charge in [-0.1, -0.05) is 36.1 Å². The third kappa shape index (κ3) is 6.09. The highest BCUT2D eigenvalue weighted by Gasteiger charge is 2.33. The molecule has 1 aliphatic heterocycles. The monoisotopic (exact) mass is 506 g/mol. The first-order valence-corrected chi connectivity index (χ1v) is 11.9. The lowest BCUT2D eigenvalue weighted by molar-refractivity contribution is -0.126. The summed E-state index contributed by atoms with van der Waals surface area (Å²) in [5, 5.41) is 2.56. The van der Waals surface area contributed by atoms with Crippen molar-refractivity contribution in [3.8, 4) is 5.75 Å². The number of anilines is 1. The normalized spacial score (nSPS) is 14.9. The molecule has 3 rings (SSSR count). The number of primary amides is 1. The molecule has 0 aliphatic carbocycles. The summed E-state index contributed by atoms with van der Waals surface area (Å²) in [6.45, 7) is -0.312. The van der Waals surface area contributed by atoms with Gasteiger partial charge in [-0.25, -0.2) is 17.9 Å². The molecule has 13 heteroatoms. The van der Waals surface area contributed by atoms with Crippen LogP contribution in [0.25, 0.3) is 6.08 Å². The third-order valence-electron chi connectivity index (χ3n) is 4.27. The van der Waals surface area contributed by atoms with E-state index in [0.29, 0.717) is 10.7 Å². The summed E-state index contributed by atoms with van der Waals surface area (Å²) in [7, 11) is -2.54. The first-order valence-electron chi connectivity index (χ1n) is 9.20. The second-order valence-electron chi connectivity index (χ2n) is 6.58. The van der Waals surface area contributed by atoms with Gasteiger partial charge in [0.2, 0.25) is 5.91 Å². The lowest BCUT2D eigenvalue weighted by atomic mass is 10.2. The number of benzene rings is 2. The Labute approximate surface area is 199 Å². The van der Waals surface area contributed by atoms with E-state index in [-0.39, 0.29) is 21.4 Å². The summed E-state index contributed by atoms with van der Waals surface area (Å²) in [6, 6.07) is 11.0. The first-order chi connectivity index (χ1) is 15.6. The maximum atomic E-state index is 12.7. The Morgan fingerprint density at radius 1 is 1.15 bits per heavy atom. The number of ether oxygens (including phenoxy) is 1. The smallest absolute Gasteiger partial charge is 0.326 e. The van der Waals surface area contributed by atoms with Gasteiger partial charge in [0.25, 0.3) is 15.9 Å². The van der Waals surface area contributed by atoms with E-state index in [0.717, 1.165) is 17.3 Å². The number of methoxy groups -OCH3 is 1. The molecule has 0 bridgehead atoms. The molecule has 0 saturated carbocycles. The quantitative estimate of drug-likeness (QED) is 0.381. The molecule has 0 atom stereocenters. The Hall–Kier alpha value is -3.42. The Morgan fingerprint density at radius 2 is 1.79 bits per heavy atom. The van der Waals surface area contributed by atoms with Crippen molar-refractivity contribution in [3.63, 3.8) is 0 Å². The summed E-state index contributed by atoms with van der Waals surface area (Å²) in [5.74, 6) is -0.232. The van der Waals surface area contributed by atoms with Crippen LogP contribution in [0.3, 0.4) is 0 Å². The van der Waals surface area contributed by atoms with E-state index in [2.05, 4.69) is 5.32 Å². The highest BCUT2D eigenvalue weighted by atomic mass is 32.2. The Morgan fingerprint density at radius 3 is 2.36 bits per heavy atom. The largest absolute Gasteiger partial charge is 0.497 e. The molecule has 0 unspecified atom stereocenters. The second-order valence-corrected chi connectivity index (χ2v) is 9.94. The van der Waals surface area contributed by atoms with Crippen molar-refractivity contribution in [1.29, 1.82) is 0 Å². The average Bonchev–Trinajstić information content (AvgIpc) is 3.01.